The smallest absolute Gasteiger partial charge is 0.217 e. The molecular formula is C38H55F2N3O5S. The Kier molecular flexibility index (Phi) is 13.2. The summed E-state index contributed by atoms with van der Waals surface area (Å²) in [6, 6.07) is 8.13. The first-order valence-electron chi connectivity index (χ1n) is 17.3. The van der Waals surface area contributed by atoms with E-state index in [1.54, 1.807) is 26.4 Å². The van der Waals surface area contributed by atoms with Gasteiger partial charge >= 0.3 is 0 Å². The average molecular weight is 704 g/mol. The van der Waals surface area contributed by atoms with Crippen LogP contribution in [0.25, 0.3) is 0 Å². The zero-order valence-electron chi connectivity index (χ0n) is 30.7. The number of hydrogen-bond donors (Lipinski definition) is 0. The first-order valence-corrected chi connectivity index (χ1v) is 18.4. The summed E-state index contributed by atoms with van der Waals surface area (Å²) >= 11 is 0. The largest absolute Gasteiger partial charge is 0.475 e. The van der Waals surface area contributed by atoms with Crippen molar-refractivity contribution in [3.05, 3.63) is 70.3 Å². The number of aliphatic imine (C=N–C) groups is 2. The molecule has 2 aromatic carbocycles. The van der Waals surface area contributed by atoms with Gasteiger partial charge in [0.05, 0.1) is 15.8 Å². The van der Waals surface area contributed by atoms with Crippen molar-refractivity contribution in [3.8, 4) is 0 Å². The van der Waals surface area contributed by atoms with Crippen molar-refractivity contribution in [1.82, 2.24) is 4.31 Å². The fourth-order valence-corrected chi connectivity index (χ4v) is 7.76. The molecule has 0 saturated carbocycles. The van der Waals surface area contributed by atoms with E-state index in [0.717, 1.165) is 12.8 Å². The van der Waals surface area contributed by atoms with Crippen LogP contribution < -0.4 is 0 Å². The average Bonchev–Trinajstić information content (AvgIpc) is 3.58. The van der Waals surface area contributed by atoms with Gasteiger partial charge in [0, 0.05) is 50.6 Å². The van der Waals surface area contributed by atoms with Crippen LogP contribution in [0.3, 0.4) is 0 Å². The van der Waals surface area contributed by atoms with Gasteiger partial charge in [-0.05, 0) is 135 Å². The zero-order valence-corrected chi connectivity index (χ0v) is 31.6. The number of rotatable bonds is 17. The van der Waals surface area contributed by atoms with E-state index < -0.39 is 50.5 Å². The minimum absolute atomic E-state index is 0.391. The first kappa shape index (κ1) is 39.1. The molecule has 3 unspecified atom stereocenters. The highest BCUT2D eigenvalue weighted by molar-refractivity contribution is 7.84. The lowest BCUT2D eigenvalue weighted by Gasteiger charge is -2.42. The van der Waals surface area contributed by atoms with E-state index in [-0.39, 0.29) is 0 Å². The number of benzene rings is 2. The minimum Gasteiger partial charge on any atom is -0.475 e. The molecule has 2 heterocycles. The quantitative estimate of drug-likeness (QED) is 0.155. The van der Waals surface area contributed by atoms with Crippen LogP contribution in [0.1, 0.15) is 121 Å². The summed E-state index contributed by atoms with van der Waals surface area (Å²) in [4.78, 5) is 9.71. The van der Waals surface area contributed by atoms with E-state index in [1.165, 1.54) is 24.3 Å². The number of ether oxygens (including phenoxy) is 4. The molecule has 8 nitrogen and oxygen atoms in total. The summed E-state index contributed by atoms with van der Waals surface area (Å²) in [7, 11) is 1.68. The fourth-order valence-electron chi connectivity index (χ4n) is 6.23. The van der Waals surface area contributed by atoms with Crippen LogP contribution in [0.2, 0.25) is 0 Å². The van der Waals surface area contributed by atoms with Crippen molar-refractivity contribution in [2.45, 2.75) is 115 Å². The molecule has 0 bridgehead atoms. The van der Waals surface area contributed by atoms with E-state index in [9.17, 15) is 0 Å². The van der Waals surface area contributed by atoms with Gasteiger partial charge in [-0.3, -0.25) is 0 Å². The summed E-state index contributed by atoms with van der Waals surface area (Å²) in [5.41, 5.74) is 1.67. The highest BCUT2D eigenvalue weighted by atomic mass is 32.2. The molecule has 0 fully saturated rings. The van der Waals surface area contributed by atoms with Crippen LogP contribution in [0.15, 0.2) is 46.4 Å². The van der Waals surface area contributed by atoms with Crippen LogP contribution >= 0.6 is 0 Å². The third kappa shape index (κ3) is 10.2. The van der Waals surface area contributed by atoms with Gasteiger partial charge in [-0.2, -0.15) is 0 Å². The molecule has 0 aliphatic carbocycles. The number of methoxy groups -OCH3 is 2. The lowest BCUT2D eigenvalue weighted by molar-refractivity contribution is 0.176. The van der Waals surface area contributed by atoms with Crippen molar-refractivity contribution < 1.29 is 31.9 Å². The SMILES string of the molecule is COCCCCC(c1cc(F)ccc1C1=NC(C)(C)CO1)N(C(CCCCOC)c1cc(F)ccc1C1=NC(C)(C)CO1)S(=O)C(C)(C)C. The summed E-state index contributed by atoms with van der Waals surface area (Å²) in [5, 5.41) is 0. The monoisotopic (exact) mass is 703 g/mol. The topological polar surface area (TPSA) is 82.0 Å². The second-order valence-corrected chi connectivity index (χ2v) is 17.4. The van der Waals surface area contributed by atoms with Crippen molar-refractivity contribution >= 4 is 22.8 Å². The zero-order chi connectivity index (χ0) is 36.0. The lowest BCUT2D eigenvalue weighted by atomic mass is 9.90. The molecule has 0 N–H and O–H groups in total. The van der Waals surface area contributed by atoms with Gasteiger partial charge in [-0.25, -0.2) is 27.3 Å². The molecule has 0 spiro atoms. The van der Waals surface area contributed by atoms with Gasteiger partial charge in [0.2, 0.25) is 11.8 Å². The van der Waals surface area contributed by atoms with E-state index in [4.69, 9.17) is 28.9 Å². The molecule has 2 aliphatic rings. The summed E-state index contributed by atoms with van der Waals surface area (Å²) in [6.07, 6.45) is 3.98. The molecule has 4 rings (SSSR count). The van der Waals surface area contributed by atoms with Crippen LogP contribution in [-0.4, -0.2) is 76.8 Å². The summed E-state index contributed by atoms with van der Waals surface area (Å²) in [6.45, 7) is 15.6. The Balaban J connectivity index is 2.00. The fraction of sp³-hybridized carbons (Fsp3) is 0.632. The maximum absolute atomic E-state index is 15.4. The number of hydrogen-bond acceptors (Lipinski definition) is 7. The second-order valence-electron chi connectivity index (χ2n) is 15.2. The van der Waals surface area contributed by atoms with E-state index in [0.29, 0.717) is 86.2 Å². The molecule has 11 heteroatoms. The molecule has 49 heavy (non-hydrogen) atoms. The third-order valence-electron chi connectivity index (χ3n) is 8.62. The highest BCUT2D eigenvalue weighted by Crippen LogP contribution is 2.44. The van der Waals surface area contributed by atoms with Crippen LogP contribution in [0.5, 0.6) is 0 Å². The van der Waals surface area contributed by atoms with E-state index in [2.05, 4.69) is 0 Å². The summed E-state index contributed by atoms with van der Waals surface area (Å²) < 4.78 is 70.1. The van der Waals surface area contributed by atoms with Crippen molar-refractivity contribution in [1.29, 1.82) is 0 Å². The predicted molar refractivity (Wildman–Crippen MR) is 193 cm³/mol. The highest BCUT2D eigenvalue weighted by Gasteiger charge is 2.41. The molecule has 0 radical (unpaired) electrons. The second kappa shape index (κ2) is 16.5. The standard InChI is InChI=1S/C38H55F2N3O5S/c1-36(2,3)49(44)43(32(14-10-12-20-45-8)30-22-26(39)16-18-28(30)34-41-37(4,5)24-47-34)33(15-11-13-21-46-9)31-23-27(40)17-19-29(31)35-42-38(6,7)25-48-35/h16-19,22-23,32-33H,10-15,20-21,24-25H2,1-9H3. The van der Waals surface area contributed by atoms with Gasteiger partial charge in [0.25, 0.3) is 0 Å². The predicted octanol–water partition coefficient (Wildman–Crippen LogP) is 8.26. The van der Waals surface area contributed by atoms with Gasteiger partial charge in [-0.15, -0.1) is 0 Å². The Bertz CT molecular complexity index is 1420. The van der Waals surface area contributed by atoms with Crippen molar-refractivity contribution in [3.63, 3.8) is 0 Å². The Labute approximate surface area is 294 Å². The van der Waals surface area contributed by atoms with Gasteiger partial charge in [-0.1, -0.05) is 0 Å². The van der Waals surface area contributed by atoms with Gasteiger partial charge in [0.15, 0.2) is 0 Å². The third-order valence-corrected chi connectivity index (χ3v) is 10.6. The summed E-state index contributed by atoms with van der Waals surface area (Å²) in [5.74, 6) is 0.0304. The maximum atomic E-state index is 15.4. The molecule has 2 aliphatic heterocycles. The van der Waals surface area contributed by atoms with Crippen molar-refractivity contribution in [2.24, 2.45) is 9.98 Å². The Hall–Kier alpha value is -2.73. The number of nitrogens with zero attached hydrogens (tertiary/aromatic N) is 3. The number of halogens is 2. The van der Waals surface area contributed by atoms with Crippen LogP contribution in [0.4, 0.5) is 8.78 Å². The van der Waals surface area contributed by atoms with Gasteiger partial charge < -0.3 is 18.9 Å². The molecule has 272 valence electrons. The van der Waals surface area contributed by atoms with E-state index >= 15 is 13.0 Å². The maximum Gasteiger partial charge on any atom is 0.217 e. The molecule has 2 aromatic rings. The Morgan fingerprint density at radius 1 is 0.776 bits per heavy atom. The molecule has 0 amide bonds. The molecule has 0 saturated heterocycles. The van der Waals surface area contributed by atoms with Crippen molar-refractivity contribution in [2.75, 3.05) is 40.6 Å². The number of unbranched alkanes of at least 4 members (excludes halogenated alkanes) is 2. The molecule has 0 aromatic heterocycles. The molecular weight excluding hydrogens is 648 g/mol. The Morgan fingerprint density at radius 3 is 1.51 bits per heavy atom. The molecule has 3 atom stereocenters. The van der Waals surface area contributed by atoms with Crippen LogP contribution in [-0.2, 0) is 29.9 Å². The van der Waals surface area contributed by atoms with Gasteiger partial charge in [0.1, 0.15) is 35.8 Å². The Morgan fingerprint density at radius 2 is 1.18 bits per heavy atom. The normalized spacial score (nSPS) is 18.9. The van der Waals surface area contributed by atoms with Crippen LogP contribution in [0, 0.1) is 11.6 Å². The minimum atomic E-state index is -1.65. The van der Waals surface area contributed by atoms with E-state index in [1.807, 2.05) is 52.8 Å². The first-order chi connectivity index (χ1) is 23.1. The lowest BCUT2D eigenvalue weighted by Crippen LogP contribution is -2.43.